The van der Waals surface area contributed by atoms with Gasteiger partial charge in [-0.1, -0.05) is 12.1 Å². The molecule has 1 aromatic rings. The number of thioether (sulfide) groups is 1. The quantitative estimate of drug-likeness (QED) is 0.704. The number of nitrogens with zero attached hydrogens (tertiary/aromatic N) is 3. The van der Waals surface area contributed by atoms with Crippen LogP contribution in [0.4, 0.5) is 0 Å². The van der Waals surface area contributed by atoms with Crippen molar-refractivity contribution < 1.29 is 9.59 Å². The first-order valence-corrected chi connectivity index (χ1v) is 9.43. The van der Waals surface area contributed by atoms with Gasteiger partial charge < -0.3 is 14.7 Å². The van der Waals surface area contributed by atoms with Gasteiger partial charge in [0.1, 0.15) is 0 Å². The predicted octanol–water partition coefficient (Wildman–Crippen LogP) is 1.78. The molecule has 0 N–H and O–H groups in total. The summed E-state index contributed by atoms with van der Waals surface area (Å²) in [6, 6.07) is 8.22. The first kappa shape index (κ1) is 18.8. The van der Waals surface area contributed by atoms with Crippen LogP contribution in [0.1, 0.15) is 12.0 Å². The van der Waals surface area contributed by atoms with Crippen molar-refractivity contribution in [2.45, 2.75) is 17.9 Å². The van der Waals surface area contributed by atoms with Crippen molar-refractivity contribution in [3.05, 3.63) is 29.8 Å². The maximum Gasteiger partial charge on any atom is 0.228 e. The van der Waals surface area contributed by atoms with Crippen molar-refractivity contribution in [1.82, 2.24) is 14.7 Å². The number of hydrogen-bond donors (Lipinski definition) is 0. The second-order valence-electron chi connectivity index (χ2n) is 6.59. The Morgan fingerprint density at radius 2 is 2.08 bits per heavy atom. The van der Waals surface area contributed by atoms with Crippen LogP contribution in [0.5, 0.6) is 0 Å². The summed E-state index contributed by atoms with van der Waals surface area (Å²) in [6.45, 7) is 2.63. The standard InChI is InChI=1S/C18H27N3O2S/c1-19(2)8-9-21-13-15(11-17(21)22)18(23)20(3)12-14-6-5-7-16(10-14)24-4/h5-7,10,15H,8-9,11-13H2,1-4H3/t15-/m0/s1. The summed E-state index contributed by atoms with van der Waals surface area (Å²) < 4.78 is 0. The second-order valence-corrected chi connectivity index (χ2v) is 7.47. The largest absolute Gasteiger partial charge is 0.341 e. The minimum Gasteiger partial charge on any atom is -0.341 e. The van der Waals surface area contributed by atoms with E-state index in [1.807, 2.05) is 49.3 Å². The van der Waals surface area contributed by atoms with Crippen LogP contribution in [0.2, 0.25) is 0 Å². The summed E-state index contributed by atoms with van der Waals surface area (Å²) in [7, 11) is 5.79. The Morgan fingerprint density at radius 3 is 2.75 bits per heavy atom. The van der Waals surface area contributed by atoms with Crippen molar-refractivity contribution in [2.24, 2.45) is 5.92 Å². The highest BCUT2D eigenvalue weighted by Crippen LogP contribution is 2.21. The van der Waals surface area contributed by atoms with Gasteiger partial charge in [-0.2, -0.15) is 0 Å². The molecule has 132 valence electrons. The molecule has 2 amide bonds. The maximum atomic E-state index is 12.7. The number of amides is 2. The summed E-state index contributed by atoms with van der Waals surface area (Å²) in [5.41, 5.74) is 1.12. The molecule has 0 radical (unpaired) electrons. The lowest BCUT2D eigenvalue weighted by Gasteiger charge is -2.22. The Kier molecular flexibility index (Phi) is 6.69. The van der Waals surface area contributed by atoms with Crippen molar-refractivity contribution in [2.75, 3.05) is 47.0 Å². The van der Waals surface area contributed by atoms with Crippen LogP contribution >= 0.6 is 11.8 Å². The van der Waals surface area contributed by atoms with Gasteiger partial charge in [0, 0.05) is 44.5 Å². The highest BCUT2D eigenvalue weighted by Gasteiger charge is 2.35. The number of likely N-dealkylation sites (N-methyl/N-ethyl adjacent to an activating group) is 1. The van der Waals surface area contributed by atoms with Gasteiger partial charge in [0.05, 0.1) is 5.92 Å². The van der Waals surface area contributed by atoms with E-state index in [-0.39, 0.29) is 17.7 Å². The fraction of sp³-hybridized carbons (Fsp3) is 0.556. The summed E-state index contributed by atoms with van der Waals surface area (Å²) in [6.07, 6.45) is 2.38. The third-order valence-corrected chi connectivity index (χ3v) is 5.04. The lowest BCUT2D eigenvalue weighted by atomic mass is 10.1. The molecule has 0 unspecified atom stereocenters. The van der Waals surface area contributed by atoms with Crippen molar-refractivity contribution >= 4 is 23.6 Å². The fourth-order valence-electron chi connectivity index (χ4n) is 2.91. The lowest BCUT2D eigenvalue weighted by Crippen LogP contribution is -2.36. The molecule has 1 saturated heterocycles. The third-order valence-electron chi connectivity index (χ3n) is 4.31. The number of rotatable bonds is 7. The van der Waals surface area contributed by atoms with E-state index in [0.717, 1.165) is 12.1 Å². The normalized spacial score (nSPS) is 17.6. The number of likely N-dealkylation sites (tertiary alicyclic amines) is 1. The van der Waals surface area contributed by atoms with Gasteiger partial charge >= 0.3 is 0 Å². The summed E-state index contributed by atoms with van der Waals surface area (Å²) in [4.78, 5) is 31.6. The van der Waals surface area contributed by atoms with E-state index in [9.17, 15) is 9.59 Å². The van der Waals surface area contributed by atoms with Crippen LogP contribution in [0.15, 0.2) is 29.2 Å². The molecule has 1 heterocycles. The van der Waals surface area contributed by atoms with Crippen molar-refractivity contribution in [1.29, 1.82) is 0 Å². The van der Waals surface area contributed by atoms with E-state index in [1.165, 1.54) is 4.90 Å². The molecule has 5 nitrogen and oxygen atoms in total. The van der Waals surface area contributed by atoms with E-state index >= 15 is 0 Å². The van der Waals surface area contributed by atoms with Crippen molar-refractivity contribution in [3.8, 4) is 0 Å². The first-order chi connectivity index (χ1) is 11.4. The average Bonchev–Trinajstić information content (AvgIpc) is 2.93. The lowest BCUT2D eigenvalue weighted by molar-refractivity contribution is -0.135. The zero-order chi connectivity index (χ0) is 17.7. The van der Waals surface area contributed by atoms with Crippen molar-refractivity contribution in [3.63, 3.8) is 0 Å². The molecule has 24 heavy (non-hydrogen) atoms. The van der Waals surface area contributed by atoms with Crippen LogP contribution in [-0.4, -0.2) is 73.5 Å². The van der Waals surface area contributed by atoms with Gasteiger partial charge in [0.25, 0.3) is 0 Å². The van der Waals surface area contributed by atoms with Crippen LogP contribution in [0.3, 0.4) is 0 Å². The Morgan fingerprint density at radius 1 is 1.33 bits per heavy atom. The van der Waals surface area contributed by atoms with Gasteiger partial charge in [0.2, 0.25) is 11.8 Å². The molecular formula is C18H27N3O2S. The number of carbonyl (C=O) groups is 2. The minimum atomic E-state index is -0.214. The highest BCUT2D eigenvalue weighted by molar-refractivity contribution is 7.98. The van der Waals surface area contributed by atoms with Crippen LogP contribution < -0.4 is 0 Å². The molecule has 1 aliphatic heterocycles. The molecule has 0 saturated carbocycles. The molecule has 1 aliphatic rings. The Labute approximate surface area is 149 Å². The predicted molar refractivity (Wildman–Crippen MR) is 97.9 cm³/mol. The Hall–Kier alpha value is -1.53. The smallest absolute Gasteiger partial charge is 0.228 e. The van der Waals surface area contributed by atoms with Gasteiger partial charge in [-0.05, 0) is 38.0 Å². The molecule has 0 spiro atoms. The number of benzene rings is 1. The van der Waals surface area contributed by atoms with E-state index in [1.54, 1.807) is 16.7 Å². The van der Waals surface area contributed by atoms with E-state index in [2.05, 4.69) is 12.1 Å². The maximum absolute atomic E-state index is 12.7. The van der Waals surface area contributed by atoms with Crippen LogP contribution in [-0.2, 0) is 16.1 Å². The van der Waals surface area contributed by atoms with Gasteiger partial charge in [-0.15, -0.1) is 11.8 Å². The van der Waals surface area contributed by atoms with Gasteiger partial charge in [-0.25, -0.2) is 0 Å². The molecule has 1 aromatic carbocycles. The summed E-state index contributed by atoms with van der Waals surface area (Å²) in [5, 5.41) is 0. The summed E-state index contributed by atoms with van der Waals surface area (Å²) in [5.74, 6) is -0.0633. The molecule has 1 atom stereocenters. The molecule has 0 aliphatic carbocycles. The third kappa shape index (κ3) is 4.98. The molecule has 2 rings (SSSR count). The zero-order valence-corrected chi connectivity index (χ0v) is 15.8. The van der Waals surface area contributed by atoms with Gasteiger partial charge in [-0.3, -0.25) is 9.59 Å². The number of carbonyl (C=O) groups excluding carboxylic acids is 2. The molecule has 6 heteroatoms. The first-order valence-electron chi connectivity index (χ1n) is 8.21. The van der Waals surface area contributed by atoms with Gasteiger partial charge in [0.15, 0.2) is 0 Å². The van der Waals surface area contributed by atoms with Crippen LogP contribution in [0, 0.1) is 5.92 Å². The minimum absolute atomic E-state index is 0.0604. The van der Waals surface area contributed by atoms with E-state index < -0.39 is 0 Å². The SMILES string of the molecule is CSc1cccc(CN(C)C(=O)[C@H]2CC(=O)N(CCN(C)C)C2)c1. The topological polar surface area (TPSA) is 43.9 Å². The monoisotopic (exact) mass is 349 g/mol. The molecule has 1 fully saturated rings. The highest BCUT2D eigenvalue weighted by atomic mass is 32.2. The summed E-state index contributed by atoms with van der Waals surface area (Å²) >= 11 is 1.69. The van der Waals surface area contributed by atoms with E-state index in [4.69, 9.17) is 0 Å². The Balaban J connectivity index is 1.92. The molecule has 0 bridgehead atoms. The zero-order valence-electron chi connectivity index (χ0n) is 15.0. The molecular weight excluding hydrogens is 322 g/mol. The fourth-order valence-corrected chi connectivity index (χ4v) is 3.39. The Bertz CT molecular complexity index is 591. The second kappa shape index (κ2) is 8.53. The average molecular weight is 350 g/mol. The number of hydrogen-bond acceptors (Lipinski definition) is 4. The molecule has 0 aromatic heterocycles. The van der Waals surface area contributed by atoms with E-state index in [0.29, 0.717) is 26.1 Å². The van der Waals surface area contributed by atoms with Crippen LogP contribution in [0.25, 0.3) is 0 Å².